The first-order chi connectivity index (χ1) is 14.1. The number of thiol groups is 1. The van der Waals surface area contributed by atoms with E-state index in [1.807, 2.05) is 0 Å². The predicted octanol–water partition coefficient (Wildman–Crippen LogP) is 2.15. The number of alkyl halides is 2. The summed E-state index contributed by atoms with van der Waals surface area (Å²) in [5.41, 5.74) is 8.53. The fourth-order valence-corrected chi connectivity index (χ4v) is 8.40. The third kappa shape index (κ3) is 4.42. The molecule has 0 bridgehead atoms. The summed E-state index contributed by atoms with van der Waals surface area (Å²) in [6.45, 7) is 1.35. The Kier molecular flexibility index (Phi) is 6.91. The molecule has 2 heterocycles. The lowest BCUT2D eigenvalue weighted by atomic mass is 9.79. The number of nitrogens with zero attached hydrogens (tertiary/aromatic N) is 4. The molecule has 0 amide bonds. The fourth-order valence-electron chi connectivity index (χ4n) is 4.65. The van der Waals surface area contributed by atoms with Gasteiger partial charge in [-0.25, -0.2) is 19.7 Å². The molecule has 2 aliphatic rings. The molecule has 2 unspecified atom stereocenters. The predicted molar refractivity (Wildman–Crippen MR) is 110 cm³/mol. The minimum atomic E-state index is -2.85. The lowest BCUT2D eigenvalue weighted by Gasteiger charge is -2.52. The third-order valence-corrected chi connectivity index (χ3v) is 9.84. The molecular weight excluding hydrogens is 418 g/mol. The van der Waals surface area contributed by atoms with Crippen molar-refractivity contribution in [2.24, 2.45) is 5.11 Å². The van der Waals surface area contributed by atoms with Crippen molar-refractivity contribution < 1.29 is 29.2 Å². The summed E-state index contributed by atoms with van der Waals surface area (Å²) in [6, 6.07) is 2.41. The number of pyridine rings is 1. The second-order valence-electron chi connectivity index (χ2n) is 8.27. The Morgan fingerprint density at radius 1 is 1.33 bits per heavy atom. The maximum absolute atomic E-state index is 13.9. The molecule has 3 rings (SSSR count). The first-order valence-corrected chi connectivity index (χ1v) is 11.6. The van der Waals surface area contributed by atoms with Crippen molar-refractivity contribution in [3.8, 4) is 0 Å². The Hall–Kier alpha value is -1.49. The Bertz CT molecular complexity index is 800. The van der Waals surface area contributed by atoms with Crippen molar-refractivity contribution >= 4 is 10.9 Å². The second kappa shape index (κ2) is 8.94. The maximum Gasteiger partial charge on any atom is 0.248 e. The van der Waals surface area contributed by atoms with Crippen LogP contribution in [0, 0.1) is 6.92 Å². The van der Waals surface area contributed by atoms with Crippen LogP contribution < -0.4 is 0 Å². The highest BCUT2D eigenvalue weighted by molar-refractivity contribution is 8.18. The van der Waals surface area contributed by atoms with Crippen molar-refractivity contribution in [2.45, 2.75) is 72.9 Å². The molecule has 1 aromatic rings. The van der Waals surface area contributed by atoms with Crippen LogP contribution in [0.5, 0.6) is 0 Å². The number of aromatic nitrogens is 1. The molecule has 168 valence electrons. The zero-order valence-corrected chi connectivity index (χ0v) is 17.5. The van der Waals surface area contributed by atoms with Gasteiger partial charge in [-0.3, -0.25) is 4.98 Å². The largest absolute Gasteiger partial charge is 0.395 e. The molecule has 0 aromatic carbocycles. The molecule has 6 atom stereocenters. The van der Waals surface area contributed by atoms with Gasteiger partial charge < -0.3 is 20.4 Å². The van der Waals surface area contributed by atoms with Crippen LogP contribution >= 0.6 is 10.9 Å². The average Bonchev–Trinajstić information content (AvgIpc) is 2.70. The Morgan fingerprint density at radius 3 is 2.57 bits per heavy atom. The summed E-state index contributed by atoms with van der Waals surface area (Å²) < 4.78 is 27.7. The Labute approximate surface area is 175 Å². The fraction of sp³-hybridized carbons (Fsp3) is 0.737. The van der Waals surface area contributed by atoms with Crippen LogP contribution in [0.2, 0.25) is 0 Å². The van der Waals surface area contributed by atoms with Gasteiger partial charge in [0.25, 0.3) is 0 Å². The van der Waals surface area contributed by atoms with Crippen LogP contribution in [0.4, 0.5) is 8.78 Å². The van der Waals surface area contributed by atoms with Crippen LogP contribution in [0.25, 0.3) is 10.4 Å². The van der Waals surface area contributed by atoms with E-state index in [-0.39, 0.29) is 18.6 Å². The molecule has 1 saturated carbocycles. The Balaban J connectivity index is 2.06. The van der Waals surface area contributed by atoms with E-state index < -0.39 is 70.6 Å². The number of aliphatic hydroxyl groups excluding tert-OH is 3. The summed E-state index contributed by atoms with van der Waals surface area (Å²) in [5, 5.41) is 44.9. The van der Waals surface area contributed by atoms with Crippen LogP contribution in [0.1, 0.15) is 42.2 Å². The molecule has 0 spiro atoms. The van der Waals surface area contributed by atoms with E-state index in [2.05, 4.69) is 15.0 Å². The van der Waals surface area contributed by atoms with E-state index in [1.54, 1.807) is 25.3 Å². The zero-order chi connectivity index (χ0) is 22.1. The molecule has 11 heteroatoms. The molecular formula is C19H28F2N4O4S. The van der Waals surface area contributed by atoms with Crippen LogP contribution in [-0.2, 0) is 0 Å². The van der Waals surface area contributed by atoms with E-state index in [1.165, 1.54) is 0 Å². The smallest absolute Gasteiger partial charge is 0.248 e. The molecule has 1 aliphatic heterocycles. The van der Waals surface area contributed by atoms with E-state index >= 15 is 0 Å². The highest BCUT2D eigenvalue weighted by atomic mass is 32.2. The van der Waals surface area contributed by atoms with E-state index in [4.69, 9.17) is 5.53 Å². The lowest BCUT2D eigenvalue weighted by Crippen LogP contribution is -2.54. The SMILES string of the molecule is Cc1cccnc1C([SH]1C[C@H](O)[C@H](N=[N+]=[N-])[C@@H](O)[C@H]1CO)C1(O)CCC(F)(F)CC1. The van der Waals surface area contributed by atoms with Gasteiger partial charge in [-0.1, -0.05) is 11.2 Å². The van der Waals surface area contributed by atoms with Gasteiger partial charge in [0.15, 0.2) is 0 Å². The minimum absolute atomic E-state index is 0.0840. The highest BCUT2D eigenvalue weighted by Gasteiger charge is 2.53. The van der Waals surface area contributed by atoms with Crippen molar-refractivity contribution in [2.75, 3.05) is 12.4 Å². The first-order valence-electron chi connectivity index (χ1n) is 9.92. The number of aryl methyl sites for hydroxylation is 1. The van der Waals surface area contributed by atoms with Gasteiger partial charge in [-0.2, -0.15) is 0 Å². The van der Waals surface area contributed by atoms with E-state index in [9.17, 15) is 29.2 Å². The molecule has 1 aromatic heterocycles. The molecule has 4 N–H and O–H groups in total. The minimum Gasteiger partial charge on any atom is -0.395 e. The number of hydrogen-bond donors (Lipinski definition) is 5. The highest BCUT2D eigenvalue weighted by Crippen LogP contribution is 2.60. The second-order valence-corrected chi connectivity index (χ2v) is 10.8. The van der Waals surface area contributed by atoms with Gasteiger partial charge in [0.2, 0.25) is 5.92 Å². The summed E-state index contributed by atoms with van der Waals surface area (Å²) in [5.74, 6) is -2.77. The average molecular weight is 447 g/mol. The van der Waals surface area contributed by atoms with Gasteiger partial charge in [-0.15, -0.1) is 0 Å². The summed E-state index contributed by atoms with van der Waals surface area (Å²) >= 11 is 0. The van der Waals surface area contributed by atoms with Gasteiger partial charge in [0.05, 0.1) is 41.4 Å². The molecule has 8 nitrogen and oxygen atoms in total. The number of azide groups is 1. The number of halogens is 2. The Morgan fingerprint density at radius 2 is 2.00 bits per heavy atom. The third-order valence-electron chi connectivity index (χ3n) is 6.33. The van der Waals surface area contributed by atoms with Crippen LogP contribution in [0.3, 0.4) is 0 Å². The summed E-state index contributed by atoms with van der Waals surface area (Å²) in [7, 11) is -1.50. The number of aliphatic hydroxyl groups is 4. The molecule has 0 radical (unpaired) electrons. The van der Waals surface area contributed by atoms with E-state index in [0.717, 1.165) is 5.56 Å². The first kappa shape index (κ1) is 23.2. The molecule has 1 saturated heterocycles. The topological polar surface area (TPSA) is 143 Å². The van der Waals surface area contributed by atoms with Gasteiger partial charge in [0, 0.05) is 35.0 Å². The van der Waals surface area contributed by atoms with Crippen molar-refractivity contribution in [3.05, 3.63) is 40.0 Å². The maximum atomic E-state index is 13.9. The van der Waals surface area contributed by atoms with Crippen LogP contribution in [0.15, 0.2) is 23.4 Å². The van der Waals surface area contributed by atoms with Crippen molar-refractivity contribution in [1.29, 1.82) is 0 Å². The van der Waals surface area contributed by atoms with Gasteiger partial charge >= 0.3 is 0 Å². The summed E-state index contributed by atoms with van der Waals surface area (Å²) in [4.78, 5) is 7.10. The molecule has 30 heavy (non-hydrogen) atoms. The molecule has 1 aliphatic carbocycles. The normalized spacial score (nSPS) is 35.2. The quantitative estimate of drug-likeness (QED) is 0.204. The van der Waals surface area contributed by atoms with Crippen molar-refractivity contribution in [1.82, 2.24) is 4.98 Å². The van der Waals surface area contributed by atoms with Gasteiger partial charge in [-0.05, 0) is 36.9 Å². The van der Waals surface area contributed by atoms with Crippen LogP contribution in [-0.4, -0.2) is 72.8 Å². The number of rotatable bonds is 5. The monoisotopic (exact) mass is 446 g/mol. The van der Waals surface area contributed by atoms with Gasteiger partial charge in [0.1, 0.15) is 0 Å². The summed E-state index contributed by atoms with van der Waals surface area (Å²) in [6.07, 6.45) is -2.17. The van der Waals surface area contributed by atoms with Crippen molar-refractivity contribution in [3.63, 3.8) is 0 Å². The number of hydrogen-bond acceptors (Lipinski definition) is 6. The zero-order valence-electron chi connectivity index (χ0n) is 16.6. The lowest BCUT2D eigenvalue weighted by molar-refractivity contribution is -0.105. The molecule has 2 fully saturated rings. The van der Waals surface area contributed by atoms with E-state index in [0.29, 0.717) is 5.69 Å². The standard InChI is InChI=1S/C19H28F2N4O4S/c1-11-3-2-8-23-14(11)17(18(29)4-6-19(20,21)7-5-18)30-10-12(27)15(24-25-22)16(28)13(30)9-26/h2-3,8,12-13,15-17,26-30H,4-7,9-10H2,1H3/t12-,13+,15-,16-,17?/m0/s1.